The lowest BCUT2D eigenvalue weighted by Gasteiger charge is -2.28. The Bertz CT molecular complexity index is 710. The van der Waals surface area contributed by atoms with Gasteiger partial charge in [0.1, 0.15) is 5.69 Å². The Kier molecular flexibility index (Phi) is 7.18. The summed E-state index contributed by atoms with van der Waals surface area (Å²) in [7, 11) is 0. The summed E-state index contributed by atoms with van der Waals surface area (Å²) in [5.41, 5.74) is 1.14. The number of likely N-dealkylation sites (tertiary alicyclic amines) is 1. The van der Waals surface area contributed by atoms with Crippen molar-refractivity contribution in [3.8, 4) is 0 Å². The van der Waals surface area contributed by atoms with Crippen molar-refractivity contribution in [2.75, 3.05) is 50.9 Å². The van der Waals surface area contributed by atoms with E-state index in [9.17, 15) is 14.9 Å². The van der Waals surface area contributed by atoms with Crippen LogP contribution in [0.15, 0.2) is 23.4 Å². The van der Waals surface area contributed by atoms with Crippen LogP contribution in [0.2, 0.25) is 0 Å². The van der Waals surface area contributed by atoms with E-state index >= 15 is 0 Å². The van der Waals surface area contributed by atoms with Crippen molar-refractivity contribution in [2.45, 2.75) is 25.7 Å². The van der Waals surface area contributed by atoms with Crippen LogP contribution in [0.25, 0.3) is 0 Å². The number of nitro benzene ring substituents is 1. The summed E-state index contributed by atoms with van der Waals surface area (Å²) in [5.74, 6) is -0.0762. The van der Waals surface area contributed by atoms with Gasteiger partial charge in [0.15, 0.2) is 6.61 Å². The molecule has 1 aromatic rings. The quantitative estimate of drug-likeness (QED) is 0.420. The van der Waals surface area contributed by atoms with Gasteiger partial charge < -0.3 is 19.4 Å². The molecule has 2 aliphatic heterocycles. The molecule has 152 valence electrons. The SMILES string of the molecule is O=C(CO/N=C\c1ccc(N2CCOCC2)c([N+](=O)[O-])c1)N1CCCCCC1. The largest absolute Gasteiger partial charge is 0.386 e. The number of carbonyl (C=O) groups excluding carboxylic acids is 1. The van der Waals surface area contributed by atoms with E-state index in [0.717, 1.165) is 38.8 Å². The molecule has 2 heterocycles. The summed E-state index contributed by atoms with van der Waals surface area (Å²) in [5, 5.41) is 15.3. The molecule has 3 rings (SSSR count). The number of nitro groups is 1. The molecule has 0 aliphatic carbocycles. The zero-order chi connectivity index (χ0) is 19.8. The van der Waals surface area contributed by atoms with Crippen molar-refractivity contribution in [3.63, 3.8) is 0 Å². The van der Waals surface area contributed by atoms with Gasteiger partial charge in [0, 0.05) is 37.8 Å². The van der Waals surface area contributed by atoms with E-state index in [-0.39, 0.29) is 18.2 Å². The zero-order valence-electron chi connectivity index (χ0n) is 15.9. The number of anilines is 1. The third-order valence-electron chi connectivity index (χ3n) is 4.97. The lowest BCUT2D eigenvalue weighted by Crippen LogP contribution is -2.36. The summed E-state index contributed by atoms with van der Waals surface area (Å²) in [6, 6.07) is 4.93. The van der Waals surface area contributed by atoms with Crippen molar-refractivity contribution in [1.82, 2.24) is 4.90 Å². The monoisotopic (exact) mass is 390 g/mol. The van der Waals surface area contributed by atoms with Crippen LogP contribution in [-0.4, -0.2) is 67.9 Å². The second-order valence-electron chi connectivity index (χ2n) is 6.91. The van der Waals surface area contributed by atoms with E-state index in [1.807, 2.05) is 9.80 Å². The van der Waals surface area contributed by atoms with Gasteiger partial charge in [-0.25, -0.2) is 0 Å². The molecular weight excluding hydrogens is 364 g/mol. The minimum absolute atomic E-state index is 0.0199. The highest BCUT2D eigenvalue weighted by Crippen LogP contribution is 2.29. The highest BCUT2D eigenvalue weighted by molar-refractivity contribution is 5.83. The summed E-state index contributed by atoms with van der Waals surface area (Å²) in [4.78, 5) is 32.1. The molecule has 1 amide bonds. The molecule has 0 bridgehead atoms. The minimum Gasteiger partial charge on any atom is -0.386 e. The number of hydrogen-bond donors (Lipinski definition) is 0. The molecule has 0 N–H and O–H groups in total. The smallest absolute Gasteiger partial charge is 0.293 e. The maximum atomic E-state index is 12.1. The van der Waals surface area contributed by atoms with Crippen LogP contribution >= 0.6 is 0 Å². The Balaban J connectivity index is 1.58. The van der Waals surface area contributed by atoms with Crippen LogP contribution in [0.5, 0.6) is 0 Å². The number of nitrogens with zero attached hydrogens (tertiary/aromatic N) is 4. The molecule has 0 spiro atoms. The van der Waals surface area contributed by atoms with Crippen molar-refractivity contribution >= 4 is 23.5 Å². The highest BCUT2D eigenvalue weighted by Gasteiger charge is 2.21. The molecule has 0 unspecified atom stereocenters. The molecule has 2 saturated heterocycles. The summed E-state index contributed by atoms with van der Waals surface area (Å²) < 4.78 is 5.30. The van der Waals surface area contributed by atoms with Gasteiger partial charge in [-0.2, -0.15) is 0 Å². The van der Waals surface area contributed by atoms with Gasteiger partial charge in [-0.05, 0) is 18.9 Å². The molecule has 0 aromatic heterocycles. The van der Waals surface area contributed by atoms with E-state index in [4.69, 9.17) is 9.57 Å². The number of morpholine rings is 1. The van der Waals surface area contributed by atoms with Crippen molar-refractivity contribution in [2.24, 2.45) is 5.16 Å². The Morgan fingerprint density at radius 1 is 1.18 bits per heavy atom. The van der Waals surface area contributed by atoms with Crippen LogP contribution in [0.1, 0.15) is 31.2 Å². The fourth-order valence-electron chi connectivity index (χ4n) is 3.44. The summed E-state index contributed by atoms with van der Waals surface area (Å²) in [6.45, 7) is 3.76. The summed E-state index contributed by atoms with van der Waals surface area (Å²) >= 11 is 0. The Morgan fingerprint density at radius 2 is 1.89 bits per heavy atom. The third kappa shape index (κ3) is 5.41. The zero-order valence-corrected chi connectivity index (χ0v) is 15.9. The molecule has 1 aromatic carbocycles. The van der Waals surface area contributed by atoms with Gasteiger partial charge in [0.25, 0.3) is 11.6 Å². The Hall–Kier alpha value is -2.68. The molecule has 9 heteroatoms. The van der Waals surface area contributed by atoms with Crippen molar-refractivity contribution in [3.05, 3.63) is 33.9 Å². The topological polar surface area (TPSA) is 97.5 Å². The fourth-order valence-corrected chi connectivity index (χ4v) is 3.44. The molecule has 0 radical (unpaired) electrons. The first kappa shape index (κ1) is 20.1. The van der Waals surface area contributed by atoms with Gasteiger partial charge in [0.05, 0.1) is 24.4 Å². The molecule has 0 atom stereocenters. The van der Waals surface area contributed by atoms with Crippen molar-refractivity contribution < 1.29 is 19.3 Å². The first-order chi connectivity index (χ1) is 13.6. The number of carbonyl (C=O) groups is 1. The number of hydrogen-bond acceptors (Lipinski definition) is 7. The van der Waals surface area contributed by atoms with E-state index in [2.05, 4.69) is 5.16 Å². The normalized spacial score (nSPS) is 18.1. The molecule has 9 nitrogen and oxygen atoms in total. The number of oxime groups is 1. The number of benzene rings is 1. The molecule has 0 saturated carbocycles. The second kappa shape index (κ2) is 10.0. The van der Waals surface area contributed by atoms with E-state index in [1.165, 1.54) is 12.3 Å². The fraction of sp³-hybridized carbons (Fsp3) is 0.579. The van der Waals surface area contributed by atoms with Crippen LogP contribution in [0, 0.1) is 10.1 Å². The van der Waals surface area contributed by atoms with Gasteiger partial charge in [-0.15, -0.1) is 0 Å². The second-order valence-corrected chi connectivity index (χ2v) is 6.91. The first-order valence-corrected chi connectivity index (χ1v) is 9.69. The minimum atomic E-state index is -0.397. The number of amides is 1. The Labute approximate surface area is 164 Å². The van der Waals surface area contributed by atoms with E-state index in [0.29, 0.717) is 37.6 Å². The van der Waals surface area contributed by atoms with Crippen LogP contribution < -0.4 is 4.90 Å². The van der Waals surface area contributed by atoms with E-state index < -0.39 is 4.92 Å². The van der Waals surface area contributed by atoms with Gasteiger partial charge in [-0.3, -0.25) is 14.9 Å². The maximum Gasteiger partial charge on any atom is 0.293 e. The molecule has 2 fully saturated rings. The average Bonchev–Trinajstić information content (AvgIpc) is 3.01. The van der Waals surface area contributed by atoms with Crippen LogP contribution in [0.4, 0.5) is 11.4 Å². The number of ether oxygens (including phenoxy) is 1. The average molecular weight is 390 g/mol. The number of rotatable bonds is 6. The lowest BCUT2D eigenvalue weighted by molar-refractivity contribution is -0.384. The van der Waals surface area contributed by atoms with E-state index in [1.54, 1.807) is 12.1 Å². The molecular formula is C19H26N4O5. The predicted molar refractivity (Wildman–Crippen MR) is 105 cm³/mol. The van der Waals surface area contributed by atoms with Crippen LogP contribution in [-0.2, 0) is 14.4 Å². The van der Waals surface area contributed by atoms with Crippen molar-refractivity contribution in [1.29, 1.82) is 0 Å². The standard InChI is InChI=1S/C19H26N4O5/c24-19(22-7-3-1-2-4-8-22)15-28-20-14-16-5-6-17(18(13-16)23(25)26)21-9-11-27-12-10-21/h5-6,13-14H,1-4,7-12,15H2/b20-14-. The first-order valence-electron chi connectivity index (χ1n) is 9.69. The predicted octanol–water partition coefficient (Wildman–Crippen LogP) is 2.18. The summed E-state index contributed by atoms with van der Waals surface area (Å²) in [6.07, 6.45) is 5.75. The maximum absolute atomic E-state index is 12.1. The van der Waals surface area contributed by atoms with Gasteiger partial charge in [-0.1, -0.05) is 24.1 Å². The third-order valence-corrected chi connectivity index (χ3v) is 4.97. The van der Waals surface area contributed by atoms with Crippen LogP contribution in [0.3, 0.4) is 0 Å². The molecule has 2 aliphatic rings. The lowest BCUT2D eigenvalue weighted by atomic mass is 10.1. The Morgan fingerprint density at radius 3 is 2.57 bits per heavy atom. The van der Waals surface area contributed by atoms with Gasteiger partial charge in [0.2, 0.25) is 0 Å². The molecule has 28 heavy (non-hydrogen) atoms. The highest BCUT2D eigenvalue weighted by atomic mass is 16.6. The van der Waals surface area contributed by atoms with Gasteiger partial charge >= 0.3 is 0 Å².